The van der Waals surface area contributed by atoms with Crippen molar-refractivity contribution in [2.75, 3.05) is 10.6 Å². The third-order valence-corrected chi connectivity index (χ3v) is 5.22. The summed E-state index contributed by atoms with van der Waals surface area (Å²) in [6.07, 6.45) is 0.0631. The second-order valence-electron chi connectivity index (χ2n) is 5.46. The molecule has 27 heavy (non-hydrogen) atoms. The van der Waals surface area contributed by atoms with Gasteiger partial charge >= 0.3 is 0 Å². The van der Waals surface area contributed by atoms with Gasteiger partial charge in [-0.3, -0.25) is 14.9 Å². The van der Waals surface area contributed by atoms with E-state index in [1.807, 2.05) is 0 Å². The lowest BCUT2D eigenvalue weighted by Gasteiger charge is -2.05. The molecule has 2 N–H and O–H groups in total. The van der Waals surface area contributed by atoms with Crippen molar-refractivity contribution in [1.82, 2.24) is 4.98 Å². The van der Waals surface area contributed by atoms with Gasteiger partial charge in [-0.2, -0.15) is 0 Å². The van der Waals surface area contributed by atoms with Crippen LogP contribution in [-0.4, -0.2) is 16.8 Å². The number of anilines is 2. The number of hydrogen-bond acceptors (Lipinski definition) is 4. The van der Waals surface area contributed by atoms with Crippen LogP contribution >= 0.6 is 46.1 Å². The number of thiazole rings is 1. The highest BCUT2D eigenvalue weighted by Crippen LogP contribution is 2.25. The molecule has 138 valence electrons. The Morgan fingerprint density at radius 3 is 2.41 bits per heavy atom. The van der Waals surface area contributed by atoms with E-state index in [-0.39, 0.29) is 18.2 Å². The van der Waals surface area contributed by atoms with Gasteiger partial charge in [0.05, 0.1) is 22.2 Å². The summed E-state index contributed by atoms with van der Waals surface area (Å²) in [5, 5.41) is 8.86. The maximum atomic E-state index is 12.2. The second-order valence-corrected chi connectivity index (χ2v) is 7.57. The third-order valence-electron chi connectivity index (χ3n) is 3.42. The second kappa shape index (κ2) is 8.71. The van der Waals surface area contributed by atoms with Crippen LogP contribution in [0.4, 0.5) is 10.8 Å². The Bertz CT molecular complexity index is 990. The Morgan fingerprint density at radius 2 is 1.70 bits per heavy atom. The van der Waals surface area contributed by atoms with Crippen molar-refractivity contribution in [3.8, 4) is 0 Å². The monoisotopic (exact) mass is 439 g/mol. The Morgan fingerprint density at radius 1 is 0.963 bits per heavy atom. The van der Waals surface area contributed by atoms with Crippen LogP contribution in [0.2, 0.25) is 15.1 Å². The first-order valence-electron chi connectivity index (χ1n) is 7.67. The van der Waals surface area contributed by atoms with Crippen molar-refractivity contribution in [1.29, 1.82) is 0 Å². The Hall–Kier alpha value is -2.12. The van der Waals surface area contributed by atoms with E-state index in [1.165, 1.54) is 11.3 Å². The van der Waals surface area contributed by atoms with Crippen molar-refractivity contribution in [2.45, 2.75) is 6.42 Å². The number of rotatable bonds is 5. The van der Waals surface area contributed by atoms with Gasteiger partial charge < -0.3 is 5.32 Å². The highest BCUT2D eigenvalue weighted by molar-refractivity contribution is 7.14. The minimum Gasteiger partial charge on any atom is -0.326 e. The number of halogens is 3. The summed E-state index contributed by atoms with van der Waals surface area (Å²) in [5.74, 6) is -0.554. The average Bonchev–Trinajstić information content (AvgIpc) is 3.05. The molecule has 1 heterocycles. The van der Waals surface area contributed by atoms with Crippen molar-refractivity contribution < 1.29 is 9.59 Å². The summed E-state index contributed by atoms with van der Waals surface area (Å²) in [5.41, 5.74) is 1.55. The first-order valence-corrected chi connectivity index (χ1v) is 9.68. The Balaban J connectivity index is 1.58. The molecule has 0 atom stereocenters. The highest BCUT2D eigenvalue weighted by atomic mass is 35.5. The summed E-state index contributed by atoms with van der Waals surface area (Å²) in [6, 6.07) is 11.3. The summed E-state index contributed by atoms with van der Waals surface area (Å²) in [6.45, 7) is 0. The van der Waals surface area contributed by atoms with E-state index in [0.29, 0.717) is 37.1 Å². The molecule has 9 heteroatoms. The zero-order valence-corrected chi connectivity index (χ0v) is 16.7. The lowest BCUT2D eigenvalue weighted by Crippen LogP contribution is -2.15. The summed E-state index contributed by atoms with van der Waals surface area (Å²) in [4.78, 5) is 28.6. The number of amides is 2. The van der Waals surface area contributed by atoms with Crippen LogP contribution < -0.4 is 10.6 Å². The molecule has 0 bridgehead atoms. The van der Waals surface area contributed by atoms with Gasteiger partial charge in [0.1, 0.15) is 0 Å². The molecule has 5 nitrogen and oxygen atoms in total. The summed E-state index contributed by atoms with van der Waals surface area (Å²) in [7, 11) is 0. The lowest BCUT2D eigenvalue weighted by atomic mass is 10.2. The van der Waals surface area contributed by atoms with E-state index in [0.717, 1.165) is 0 Å². The molecular weight excluding hydrogens is 429 g/mol. The van der Waals surface area contributed by atoms with Gasteiger partial charge in [0.2, 0.25) is 5.91 Å². The molecule has 0 aliphatic carbocycles. The summed E-state index contributed by atoms with van der Waals surface area (Å²) >= 11 is 18.8. The minimum atomic E-state index is -0.298. The molecule has 0 aliphatic heterocycles. The molecule has 0 fully saturated rings. The number of aromatic nitrogens is 1. The van der Waals surface area contributed by atoms with Crippen LogP contribution in [-0.2, 0) is 11.2 Å². The zero-order chi connectivity index (χ0) is 19.4. The van der Waals surface area contributed by atoms with Crippen molar-refractivity contribution in [2.24, 2.45) is 0 Å². The van der Waals surface area contributed by atoms with Crippen LogP contribution in [0.3, 0.4) is 0 Å². The Kier molecular flexibility index (Phi) is 6.34. The molecule has 3 aromatic rings. The molecule has 1 aromatic heterocycles. The molecule has 0 radical (unpaired) electrons. The molecule has 0 spiro atoms. The molecule has 0 unspecified atom stereocenters. The molecule has 2 amide bonds. The van der Waals surface area contributed by atoms with Crippen LogP contribution in [0.15, 0.2) is 47.8 Å². The molecule has 0 aliphatic rings. The van der Waals surface area contributed by atoms with Gasteiger partial charge in [-0.1, -0.05) is 34.8 Å². The highest BCUT2D eigenvalue weighted by Gasteiger charge is 2.12. The van der Waals surface area contributed by atoms with Gasteiger partial charge in [0.15, 0.2) is 5.13 Å². The Labute approximate surface area is 174 Å². The van der Waals surface area contributed by atoms with Crippen LogP contribution in [0.5, 0.6) is 0 Å². The van der Waals surface area contributed by atoms with E-state index < -0.39 is 0 Å². The number of carbonyl (C=O) groups is 2. The predicted octanol–water partition coefficient (Wildman–Crippen LogP) is 5.54. The van der Waals surface area contributed by atoms with Gasteiger partial charge in [-0.05, 0) is 42.5 Å². The topological polar surface area (TPSA) is 71.1 Å². The largest absolute Gasteiger partial charge is 0.326 e. The first kappa shape index (κ1) is 19.6. The number of nitrogens with one attached hydrogen (secondary N) is 2. The lowest BCUT2D eigenvalue weighted by molar-refractivity contribution is -0.115. The van der Waals surface area contributed by atoms with Crippen LogP contribution in [0, 0.1) is 0 Å². The SMILES string of the molecule is O=C(Cc1csc(NC(=O)c2ccc(Cl)cc2)n1)Nc1ccc(Cl)c(Cl)c1. The molecule has 0 saturated heterocycles. The fourth-order valence-electron chi connectivity index (χ4n) is 2.16. The van der Waals surface area contributed by atoms with Crippen molar-refractivity contribution >= 4 is 68.8 Å². The summed E-state index contributed by atoms with van der Waals surface area (Å²) < 4.78 is 0. The van der Waals surface area contributed by atoms with E-state index >= 15 is 0 Å². The number of nitrogens with zero attached hydrogens (tertiary/aromatic N) is 1. The first-order chi connectivity index (χ1) is 12.9. The van der Waals surface area contributed by atoms with E-state index in [9.17, 15) is 9.59 Å². The van der Waals surface area contributed by atoms with Crippen molar-refractivity contribution in [3.05, 3.63) is 74.2 Å². The van der Waals surface area contributed by atoms with E-state index in [4.69, 9.17) is 34.8 Å². The third kappa shape index (κ3) is 5.43. The standard InChI is InChI=1S/C18H12Cl3N3O2S/c19-11-3-1-10(2-4-11)17(26)24-18-23-13(9-27-18)8-16(25)22-12-5-6-14(20)15(21)7-12/h1-7,9H,8H2,(H,22,25)(H,23,24,26). The van der Waals surface area contributed by atoms with Crippen LogP contribution in [0.25, 0.3) is 0 Å². The molecule has 0 saturated carbocycles. The van der Waals surface area contributed by atoms with E-state index in [1.54, 1.807) is 47.8 Å². The van der Waals surface area contributed by atoms with Gasteiger partial charge in [0, 0.05) is 21.7 Å². The number of carbonyl (C=O) groups excluding carboxylic acids is 2. The smallest absolute Gasteiger partial charge is 0.257 e. The molecular formula is C18H12Cl3N3O2S. The average molecular weight is 441 g/mol. The van der Waals surface area contributed by atoms with Gasteiger partial charge in [0.25, 0.3) is 5.91 Å². The van der Waals surface area contributed by atoms with E-state index in [2.05, 4.69) is 15.6 Å². The van der Waals surface area contributed by atoms with Crippen molar-refractivity contribution in [3.63, 3.8) is 0 Å². The van der Waals surface area contributed by atoms with Crippen LogP contribution in [0.1, 0.15) is 16.1 Å². The number of benzene rings is 2. The maximum absolute atomic E-state index is 12.2. The fourth-order valence-corrected chi connectivity index (χ4v) is 3.29. The number of hydrogen-bond donors (Lipinski definition) is 2. The molecule has 3 rings (SSSR count). The zero-order valence-electron chi connectivity index (χ0n) is 13.6. The maximum Gasteiger partial charge on any atom is 0.257 e. The normalized spacial score (nSPS) is 10.5. The van der Waals surface area contributed by atoms with Gasteiger partial charge in [-0.15, -0.1) is 11.3 Å². The quantitative estimate of drug-likeness (QED) is 0.547. The minimum absolute atomic E-state index is 0.0631. The molecule has 2 aromatic carbocycles. The van der Waals surface area contributed by atoms with Gasteiger partial charge in [-0.25, -0.2) is 4.98 Å². The predicted molar refractivity (Wildman–Crippen MR) is 110 cm³/mol. The fraction of sp³-hybridized carbons (Fsp3) is 0.0556.